The summed E-state index contributed by atoms with van der Waals surface area (Å²) >= 11 is 0. The first-order chi connectivity index (χ1) is 13.5. The molecule has 0 bridgehead atoms. The van der Waals surface area contributed by atoms with Gasteiger partial charge in [-0.1, -0.05) is 50.5 Å². The van der Waals surface area contributed by atoms with Gasteiger partial charge in [-0.15, -0.1) is 0 Å². The number of hydrogen-bond donors (Lipinski definition) is 2. The first-order valence-corrected chi connectivity index (χ1v) is 9.62. The summed E-state index contributed by atoms with van der Waals surface area (Å²) in [4.78, 5) is 12.1. The Bertz CT molecular complexity index is 850. The SMILES string of the molecule is CCCCCCc1cc(/C=C/C(=O)/C=C/c2ccc(O)c(OC)c2)ccc1O. The minimum atomic E-state index is -0.149. The molecular weight excluding hydrogens is 352 g/mol. The smallest absolute Gasteiger partial charge is 0.178 e. The highest BCUT2D eigenvalue weighted by Crippen LogP contribution is 2.26. The van der Waals surface area contributed by atoms with Gasteiger partial charge in [0, 0.05) is 0 Å². The molecule has 0 heterocycles. The highest BCUT2D eigenvalue weighted by Gasteiger charge is 2.03. The predicted octanol–water partition coefficient (Wildman–Crippen LogP) is 5.52. The van der Waals surface area contributed by atoms with Crippen LogP contribution in [0.1, 0.15) is 49.3 Å². The van der Waals surface area contributed by atoms with Crippen molar-refractivity contribution in [3.05, 3.63) is 65.2 Å². The van der Waals surface area contributed by atoms with Crippen molar-refractivity contribution in [3.63, 3.8) is 0 Å². The van der Waals surface area contributed by atoms with Crippen molar-refractivity contribution < 1.29 is 19.7 Å². The second kappa shape index (κ2) is 11.0. The number of carbonyl (C=O) groups is 1. The number of phenols is 2. The largest absolute Gasteiger partial charge is 0.508 e. The molecule has 2 aromatic rings. The molecule has 0 aliphatic heterocycles. The maximum Gasteiger partial charge on any atom is 0.178 e. The van der Waals surface area contributed by atoms with Gasteiger partial charge in [-0.3, -0.25) is 4.79 Å². The quantitative estimate of drug-likeness (QED) is 0.420. The fourth-order valence-corrected chi connectivity index (χ4v) is 2.86. The van der Waals surface area contributed by atoms with E-state index in [2.05, 4.69) is 6.92 Å². The molecule has 0 fully saturated rings. The van der Waals surface area contributed by atoms with Crippen LogP contribution in [0.3, 0.4) is 0 Å². The predicted molar refractivity (Wildman–Crippen MR) is 114 cm³/mol. The average Bonchev–Trinajstić information content (AvgIpc) is 2.70. The molecule has 0 radical (unpaired) electrons. The fraction of sp³-hybridized carbons (Fsp3) is 0.292. The third-order valence-corrected chi connectivity index (χ3v) is 4.49. The first-order valence-electron chi connectivity index (χ1n) is 9.62. The molecule has 2 rings (SSSR count). The van der Waals surface area contributed by atoms with E-state index >= 15 is 0 Å². The van der Waals surface area contributed by atoms with E-state index in [-0.39, 0.29) is 11.5 Å². The second-order valence-corrected chi connectivity index (χ2v) is 6.70. The van der Waals surface area contributed by atoms with Gasteiger partial charge < -0.3 is 14.9 Å². The summed E-state index contributed by atoms with van der Waals surface area (Å²) < 4.78 is 5.06. The highest BCUT2D eigenvalue weighted by molar-refractivity contribution is 6.04. The monoisotopic (exact) mass is 380 g/mol. The van der Waals surface area contributed by atoms with Crippen LogP contribution >= 0.6 is 0 Å². The molecule has 0 unspecified atom stereocenters. The Hall–Kier alpha value is -3.01. The molecule has 0 atom stereocenters. The average molecular weight is 380 g/mol. The van der Waals surface area contributed by atoms with Crippen molar-refractivity contribution in [1.82, 2.24) is 0 Å². The van der Waals surface area contributed by atoms with Gasteiger partial charge in [-0.2, -0.15) is 0 Å². The van der Waals surface area contributed by atoms with Crippen molar-refractivity contribution >= 4 is 17.9 Å². The number of hydrogen-bond acceptors (Lipinski definition) is 4. The Morgan fingerprint density at radius 3 is 2.21 bits per heavy atom. The van der Waals surface area contributed by atoms with Crippen LogP contribution in [0, 0.1) is 0 Å². The topological polar surface area (TPSA) is 66.8 Å². The van der Waals surface area contributed by atoms with Gasteiger partial charge in [0.1, 0.15) is 5.75 Å². The Kier molecular flexibility index (Phi) is 8.35. The van der Waals surface area contributed by atoms with Crippen LogP contribution in [0.25, 0.3) is 12.2 Å². The zero-order valence-corrected chi connectivity index (χ0v) is 16.5. The van der Waals surface area contributed by atoms with Crippen molar-refractivity contribution in [2.75, 3.05) is 7.11 Å². The summed E-state index contributed by atoms with van der Waals surface area (Å²) in [6, 6.07) is 10.3. The number of unbranched alkanes of at least 4 members (excludes halogenated alkanes) is 3. The Balaban J connectivity index is 1.99. The maximum atomic E-state index is 12.1. The lowest BCUT2D eigenvalue weighted by molar-refractivity contribution is -0.110. The minimum absolute atomic E-state index is 0.0590. The van der Waals surface area contributed by atoms with Crippen LogP contribution in [-0.4, -0.2) is 23.1 Å². The highest BCUT2D eigenvalue weighted by atomic mass is 16.5. The van der Waals surface area contributed by atoms with E-state index in [1.54, 1.807) is 36.4 Å². The number of benzene rings is 2. The summed E-state index contributed by atoms with van der Waals surface area (Å²) in [7, 11) is 1.48. The van der Waals surface area contributed by atoms with Crippen LogP contribution < -0.4 is 4.74 Å². The van der Waals surface area contributed by atoms with E-state index in [0.717, 1.165) is 36.0 Å². The molecule has 28 heavy (non-hydrogen) atoms. The van der Waals surface area contributed by atoms with E-state index < -0.39 is 0 Å². The van der Waals surface area contributed by atoms with Crippen LogP contribution in [0.15, 0.2) is 48.6 Å². The van der Waals surface area contributed by atoms with Crippen molar-refractivity contribution in [3.8, 4) is 17.2 Å². The van der Waals surface area contributed by atoms with Gasteiger partial charge in [-0.25, -0.2) is 0 Å². The molecule has 0 saturated carbocycles. The zero-order valence-electron chi connectivity index (χ0n) is 16.5. The normalized spacial score (nSPS) is 11.4. The van der Waals surface area contributed by atoms with Crippen molar-refractivity contribution in [2.24, 2.45) is 0 Å². The number of rotatable bonds is 10. The number of methoxy groups -OCH3 is 1. The number of phenolic OH excluding ortho intramolecular Hbond substituents is 2. The van der Waals surface area contributed by atoms with E-state index in [4.69, 9.17) is 4.74 Å². The Labute approximate surface area is 166 Å². The van der Waals surface area contributed by atoms with Gasteiger partial charge in [0.15, 0.2) is 17.3 Å². The number of carbonyl (C=O) groups excluding carboxylic acids is 1. The number of ether oxygens (including phenoxy) is 1. The molecule has 0 spiro atoms. The number of allylic oxidation sites excluding steroid dienone is 2. The van der Waals surface area contributed by atoms with Gasteiger partial charge in [-0.05, 0) is 65.9 Å². The molecule has 2 aromatic carbocycles. The molecule has 148 valence electrons. The Morgan fingerprint density at radius 2 is 1.57 bits per heavy atom. The van der Waals surface area contributed by atoms with Gasteiger partial charge in [0.05, 0.1) is 7.11 Å². The van der Waals surface area contributed by atoms with E-state index in [0.29, 0.717) is 11.5 Å². The molecular formula is C24H28O4. The molecule has 0 saturated heterocycles. The Morgan fingerprint density at radius 1 is 0.929 bits per heavy atom. The van der Waals surface area contributed by atoms with Crippen LogP contribution in [-0.2, 0) is 11.2 Å². The van der Waals surface area contributed by atoms with Crippen molar-refractivity contribution in [1.29, 1.82) is 0 Å². The summed E-state index contributed by atoms with van der Waals surface area (Å²) in [5, 5.41) is 19.6. The van der Waals surface area contributed by atoms with Crippen molar-refractivity contribution in [2.45, 2.75) is 39.0 Å². The van der Waals surface area contributed by atoms with E-state index in [9.17, 15) is 15.0 Å². The summed E-state index contributed by atoms with van der Waals surface area (Å²) in [6.45, 7) is 2.17. The summed E-state index contributed by atoms with van der Waals surface area (Å²) in [6.07, 6.45) is 11.8. The van der Waals surface area contributed by atoms with E-state index in [1.807, 2.05) is 6.07 Å². The summed E-state index contributed by atoms with van der Waals surface area (Å²) in [5.41, 5.74) is 2.56. The molecule has 0 aliphatic rings. The van der Waals surface area contributed by atoms with Gasteiger partial charge in [0.25, 0.3) is 0 Å². The molecule has 0 amide bonds. The minimum Gasteiger partial charge on any atom is -0.508 e. The standard InChI is InChI=1S/C24H28O4/c1-3-4-5-6-7-20-16-18(10-14-22(20)26)8-12-21(25)13-9-19-11-15-23(27)24(17-19)28-2/h8-17,26-27H,3-7H2,1-2H3/b12-8+,13-9+. The number of aromatic hydroxyl groups is 2. The van der Waals surface area contributed by atoms with E-state index in [1.165, 1.54) is 38.2 Å². The molecule has 0 aromatic heterocycles. The third-order valence-electron chi connectivity index (χ3n) is 4.49. The fourth-order valence-electron chi connectivity index (χ4n) is 2.86. The summed E-state index contributed by atoms with van der Waals surface area (Å²) in [5.74, 6) is 0.579. The number of aryl methyl sites for hydroxylation is 1. The molecule has 4 heteroatoms. The zero-order chi connectivity index (χ0) is 20.4. The maximum absolute atomic E-state index is 12.1. The first kappa shape index (κ1) is 21.3. The lowest BCUT2D eigenvalue weighted by Crippen LogP contribution is -1.89. The van der Waals surface area contributed by atoms with Crippen LogP contribution in [0.5, 0.6) is 17.2 Å². The molecule has 0 aliphatic carbocycles. The number of ketones is 1. The van der Waals surface area contributed by atoms with Crippen LogP contribution in [0.4, 0.5) is 0 Å². The van der Waals surface area contributed by atoms with Crippen LogP contribution in [0.2, 0.25) is 0 Å². The van der Waals surface area contributed by atoms with Gasteiger partial charge in [0.2, 0.25) is 0 Å². The molecule has 4 nitrogen and oxygen atoms in total. The lowest BCUT2D eigenvalue weighted by atomic mass is 10.0. The van der Waals surface area contributed by atoms with Gasteiger partial charge >= 0.3 is 0 Å². The second-order valence-electron chi connectivity index (χ2n) is 6.70. The lowest BCUT2D eigenvalue weighted by Gasteiger charge is -2.06. The third kappa shape index (κ3) is 6.62. The molecule has 2 N–H and O–H groups in total.